The van der Waals surface area contributed by atoms with Crippen molar-refractivity contribution in [2.45, 2.75) is 24.9 Å². The fourth-order valence-corrected chi connectivity index (χ4v) is 3.32. The first kappa shape index (κ1) is 14.9. The van der Waals surface area contributed by atoms with Crippen LogP contribution in [-0.4, -0.2) is 45.6 Å². The Morgan fingerprint density at radius 2 is 2.10 bits per heavy atom. The van der Waals surface area contributed by atoms with Crippen molar-refractivity contribution < 1.29 is 14.7 Å². The van der Waals surface area contributed by atoms with E-state index in [1.54, 1.807) is 0 Å². The summed E-state index contributed by atoms with van der Waals surface area (Å²) in [4.78, 5) is 24.7. The van der Waals surface area contributed by atoms with E-state index < -0.39 is 18.1 Å². The third kappa shape index (κ3) is 3.52. The predicted octanol–water partition coefficient (Wildman–Crippen LogP) is 0.933. The summed E-state index contributed by atoms with van der Waals surface area (Å²) >= 11 is 1.45. The zero-order valence-corrected chi connectivity index (χ0v) is 11.9. The first-order valence-electron chi connectivity index (χ1n) is 6.50. The number of hydrogen-bond donors (Lipinski definition) is 2. The van der Waals surface area contributed by atoms with Gasteiger partial charge in [0.25, 0.3) is 0 Å². The molecule has 0 saturated carbocycles. The van der Waals surface area contributed by atoms with Crippen molar-refractivity contribution in [3.8, 4) is 0 Å². The number of hydrogen-bond acceptors (Lipinski definition) is 4. The van der Waals surface area contributed by atoms with Gasteiger partial charge in [-0.25, -0.2) is 4.79 Å². The lowest BCUT2D eigenvalue weighted by Gasteiger charge is -2.23. The van der Waals surface area contributed by atoms with Gasteiger partial charge in [0, 0.05) is 5.75 Å². The lowest BCUT2D eigenvalue weighted by atomic mass is 10.0. The first-order chi connectivity index (χ1) is 9.59. The van der Waals surface area contributed by atoms with Gasteiger partial charge in [0.2, 0.25) is 5.91 Å². The lowest BCUT2D eigenvalue weighted by Crippen LogP contribution is -2.49. The van der Waals surface area contributed by atoms with E-state index >= 15 is 0 Å². The average Bonchev–Trinajstić information content (AvgIpc) is 2.94. The minimum Gasteiger partial charge on any atom is -0.480 e. The Kier molecular flexibility index (Phi) is 5.03. The molecular formula is C14H18N2O3S. The van der Waals surface area contributed by atoms with Crippen LogP contribution in [0.15, 0.2) is 30.3 Å². The Bertz CT molecular complexity index is 481. The van der Waals surface area contributed by atoms with Crippen LogP contribution in [0.3, 0.4) is 0 Å². The van der Waals surface area contributed by atoms with Gasteiger partial charge in [-0.05, 0) is 18.4 Å². The normalized spacial score (nSPS) is 19.9. The molecule has 1 amide bonds. The summed E-state index contributed by atoms with van der Waals surface area (Å²) < 4.78 is 0. The van der Waals surface area contributed by atoms with Gasteiger partial charge in [0.15, 0.2) is 0 Å². The molecule has 20 heavy (non-hydrogen) atoms. The Hall–Kier alpha value is -1.53. The molecule has 1 aliphatic heterocycles. The number of thioether (sulfide) groups is 1. The molecule has 1 aromatic carbocycles. The second kappa shape index (κ2) is 6.76. The Labute approximate surface area is 122 Å². The standard InChI is InChI=1S/C14H18N2O3S/c15-11(7-6-10-4-2-1-3-5-10)13(17)16-9-20-8-12(16)14(18)19/h1-5,11-12H,6-9,15H2,(H,18,19)/t11?,12-/m0/s1. The molecule has 1 unspecified atom stereocenters. The zero-order valence-electron chi connectivity index (χ0n) is 11.1. The van der Waals surface area contributed by atoms with Crippen molar-refractivity contribution in [3.05, 3.63) is 35.9 Å². The molecule has 108 valence electrons. The fraction of sp³-hybridized carbons (Fsp3) is 0.429. The van der Waals surface area contributed by atoms with Gasteiger partial charge in [-0.2, -0.15) is 0 Å². The number of aliphatic carboxylic acids is 1. The third-order valence-corrected chi connectivity index (χ3v) is 4.37. The van der Waals surface area contributed by atoms with Crippen LogP contribution in [0.2, 0.25) is 0 Å². The molecule has 1 aromatic rings. The highest BCUT2D eigenvalue weighted by Gasteiger charge is 2.36. The van der Waals surface area contributed by atoms with E-state index in [2.05, 4.69) is 0 Å². The maximum absolute atomic E-state index is 12.2. The van der Waals surface area contributed by atoms with E-state index in [0.717, 1.165) is 5.56 Å². The molecule has 0 bridgehead atoms. The molecule has 6 heteroatoms. The molecule has 1 heterocycles. The minimum atomic E-state index is -0.960. The molecule has 0 aliphatic carbocycles. The van der Waals surface area contributed by atoms with Crippen molar-refractivity contribution in [3.63, 3.8) is 0 Å². The van der Waals surface area contributed by atoms with Crippen LogP contribution in [-0.2, 0) is 16.0 Å². The highest BCUT2D eigenvalue weighted by Crippen LogP contribution is 2.22. The van der Waals surface area contributed by atoms with Crippen molar-refractivity contribution in [1.29, 1.82) is 0 Å². The predicted molar refractivity (Wildman–Crippen MR) is 78.3 cm³/mol. The van der Waals surface area contributed by atoms with E-state index in [9.17, 15) is 9.59 Å². The number of rotatable bonds is 5. The van der Waals surface area contributed by atoms with Gasteiger partial charge >= 0.3 is 5.97 Å². The summed E-state index contributed by atoms with van der Waals surface area (Å²) in [6.45, 7) is 0. The van der Waals surface area contributed by atoms with Crippen LogP contribution in [0.25, 0.3) is 0 Å². The maximum atomic E-state index is 12.2. The summed E-state index contributed by atoms with van der Waals surface area (Å²) in [5.74, 6) is -0.377. The second-order valence-corrected chi connectivity index (χ2v) is 5.79. The molecule has 2 rings (SSSR count). The molecule has 3 N–H and O–H groups in total. The Morgan fingerprint density at radius 1 is 1.40 bits per heavy atom. The number of carbonyl (C=O) groups excluding carboxylic acids is 1. The molecule has 2 atom stereocenters. The molecule has 1 saturated heterocycles. The zero-order chi connectivity index (χ0) is 14.5. The Balaban J connectivity index is 1.90. The van der Waals surface area contributed by atoms with Crippen molar-refractivity contribution in [2.24, 2.45) is 5.73 Å². The van der Waals surface area contributed by atoms with Crippen LogP contribution < -0.4 is 5.73 Å². The van der Waals surface area contributed by atoms with Crippen LogP contribution in [0.4, 0.5) is 0 Å². The highest BCUT2D eigenvalue weighted by atomic mass is 32.2. The minimum absolute atomic E-state index is 0.265. The second-order valence-electron chi connectivity index (χ2n) is 4.79. The van der Waals surface area contributed by atoms with Gasteiger partial charge in [0.05, 0.1) is 11.9 Å². The number of carboxylic acid groups (broad SMARTS) is 1. The summed E-state index contributed by atoms with van der Waals surface area (Å²) in [5.41, 5.74) is 7.04. The summed E-state index contributed by atoms with van der Waals surface area (Å²) in [6, 6.07) is 8.42. The van der Waals surface area contributed by atoms with Crippen molar-refractivity contribution in [2.75, 3.05) is 11.6 Å². The number of carboxylic acids is 1. The SMILES string of the molecule is NC(CCc1ccccc1)C(=O)N1CSC[C@H]1C(=O)O. The lowest BCUT2D eigenvalue weighted by molar-refractivity contribution is -0.148. The largest absolute Gasteiger partial charge is 0.480 e. The smallest absolute Gasteiger partial charge is 0.327 e. The summed E-state index contributed by atoms with van der Waals surface area (Å²) in [6.07, 6.45) is 1.24. The number of amides is 1. The third-order valence-electron chi connectivity index (χ3n) is 3.35. The number of carbonyl (C=O) groups is 2. The topological polar surface area (TPSA) is 83.6 Å². The number of nitrogens with two attached hydrogens (primary N) is 1. The van der Waals surface area contributed by atoms with Crippen LogP contribution >= 0.6 is 11.8 Å². The van der Waals surface area contributed by atoms with Crippen molar-refractivity contribution in [1.82, 2.24) is 4.90 Å². The van der Waals surface area contributed by atoms with E-state index in [1.807, 2.05) is 30.3 Å². The molecule has 1 aliphatic rings. The van der Waals surface area contributed by atoms with Gasteiger partial charge < -0.3 is 15.7 Å². The molecule has 5 nitrogen and oxygen atoms in total. The molecule has 0 radical (unpaired) electrons. The van der Waals surface area contributed by atoms with Gasteiger partial charge in [-0.3, -0.25) is 4.79 Å². The average molecular weight is 294 g/mol. The van der Waals surface area contributed by atoms with Crippen LogP contribution in [0, 0.1) is 0 Å². The van der Waals surface area contributed by atoms with E-state index in [-0.39, 0.29) is 5.91 Å². The van der Waals surface area contributed by atoms with Gasteiger partial charge in [0.1, 0.15) is 6.04 Å². The van der Waals surface area contributed by atoms with Crippen LogP contribution in [0.5, 0.6) is 0 Å². The summed E-state index contributed by atoms with van der Waals surface area (Å²) in [7, 11) is 0. The molecular weight excluding hydrogens is 276 g/mol. The Morgan fingerprint density at radius 3 is 2.75 bits per heavy atom. The fourth-order valence-electron chi connectivity index (χ4n) is 2.17. The van der Waals surface area contributed by atoms with E-state index in [4.69, 9.17) is 10.8 Å². The van der Waals surface area contributed by atoms with Crippen molar-refractivity contribution >= 4 is 23.6 Å². The first-order valence-corrected chi connectivity index (χ1v) is 7.65. The number of benzene rings is 1. The van der Waals surface area contributed by atoms with Crippen LogP contribution in [0.1, 0.15) is 12.0 Å². The van der Waals surface area contributed by atoms with E-state index in [0.29, 0.717) is 24.5 Å². The highest BCUT2D eigenvalue weighted by molar-refractivity contribution is 7.99. The quantitative estimate of drug-likeness (QED) is 0.844. The summed E-state index contributed by atoms with van der Waals surface area (Å²) in [5, 5.41) is 9.07. The number of aryl methyl sites for hydroxylation is 1. The molecule has 1 fully saturated rings. The number of nitrogens with zero attached hydrogens (tertiary/aromatic N) is 1. The van der Waals surface area contributed by atoms with E-state index in [1.165, 1.54) is 16.7 Å². The maximum Gasteiger partial charge on any atom is 0.327 e. The monoisotopic (exact) mass is 294 g/mol. The molecule has 0 aromatic heterocycles. The molecule has 0 spiro atoms. The van der Waals surface area contributed by atoms with Gasteiger partial charge in [-0.1, -0.05) is 30.3 Å². The van der Waals surface area contributed by atoms with Gasteiger partial charge in [-0.15, -0.1) is 11.8 Å².